The van der Waals surface area contributed by atoms with Crippen LogP contribution in [0.2, 0.25) is 0 Å². The van der Waals surface area contributed by atoms with E-state index in [2.05, 4.69) is 10.6 Å². The van der Waals surface area contributed by atoms with Crippen LogP contribution in [-0.2, 0) is 14.3 Å². The van der Waals surface area contributed by atoms with Crippen LogP contribution in [0.25, 0.3) is 11.1 Å². The van der Waals surface area contributed by atoms with Crippen LogP contribution < -0.4 is 10.6 Å². The van der Waals surface area contributed by atoms with Crippen molar-refractivity contribution in [3.63, 3.8) is 0 Å². The number of esters is 1. The Morgan fingerprint density at radius 3 is 2.45 bits per heavy atom. The third-order valence-electron chi connectivity index (χ3n) is 5.28. The van der Waals surface area contributed by atoms with E-state index in [0.29, 0.717) is 24.0 Å². The van der Waals surface area contributed by atoms with Gasteiger partial charge in [-0.3, -0.25) is 9.59 Å². The van der Waals surface area contributed by atoms with Crippen LogP contribution in [0.3, 0.4) is 0 Å². The third kappa shape index (κ3) is 4.72. The number of halogens is 1. The van der Waals surface area contributed by atoms with Crippen molar-refractivity contribution in [2.75, 3.05) is 7.11 Å². The van der Waals surface area contributed by atoms with Crippen molar-refractivity contribution in [2.45, 2.75) is 37.8 Å². The number of nitriles is 1. The first-order valence-corrected chi connectivity index (χ1v) is 9.77. The van der Waals surface area contributed by atoms with Crippen molar-refractivity contribution in [2.24, 2.45) is 0 Å². The first kappa shape index (κ1) is 22.0. The van der Waals surface area contributed by atoms with Gasteiger partial charge in [-0.05, 0) is 42.5 Å². The Morgan fingerprint density at radius 2 is 1.87 bits per heavy atom. The quantitative estimate of drug-likeness (QED) is 0.666. The highest BCUT2D eigenvalue weighted by molar-refractivity contribution is 5.97. The van der Waals surface area contributed by atoms with Gasteiger partial charge in [0.2, 0.25) is 11.8 Å². The summed E-state index contributed by atoms with van der Waals surface area (Å²) in [7, 11) is 1.20. The summed E-state index contributed by atoms with van der Waals surface area (Å²) in [6.45, 7) is 1.81. The predicted molar refractivity (Wildman–Crippen MR) is 110 cm³/mol. The molecule has 0 saturated heterocycles. The molecule has 1 aliphatic carbocycles. The molecule has 8 heteroatoms. The molecule has 160 valence electrons. The fourth-order valence-electron chi connectivity index (χ4n) is 3.36. The zero-order valence-corrected chi connectivity index (χ0v) is 17.2. The summed E-state index contributed by atoms with van der Waals surface area (Å²) in [6, 6.07) is 12.8. The average Bonchev–Trinajstić information content (AvgIpc) is 3.54. The maximum absolute atomic E-state index is 14.2. The van der Waals surface area contributed by atoms with Gasteiger partial charge in [0.1, 0.15) is 23.3 Å². The van der Waals surface area contributed by atoms with E-state index in [-0.39, 0.29) is 23.9 Å². The molecule has 31 heavy (non-hydrogen) atoms. The van der Waals surface area contributed by atoms with Gasteiger partial charge in [-0.25, -0.2) is 9.18 Å². The molecular formula is C23H22FN3O4. The van der Waals surface area contributed by atoms with Crippen LogP contribution in [0.1, 0.15) is 48.1 Å². The Bertz CT molecular complexity index is 1060. The first-order valence-electron chi connectivity index (χ1n) is 9.77. The standard InChI is InChI=1S/C23H22FN3O4/c1-14(26-22(30)23(11-12-23)27-19(28)10-13-25)15-6-8-16(9-7-15)17-4-3-5-18(24)20(17)21(29)31-2/h3-9,14H,10-12H2,1-2H3,(H,26,30)(H,27,28)/t14-/m1/s1. The van der Waals surface area contributed by atoms with E-state index >= 15 is 0 Å². The van der Waals surface area contributed by atoms with E-state index in [4.69, 9.17) is 10.00 Å². The van der Waals surface area contributed by atoms with Gasteiger partial charge in [0.05, 0.1) is 19.2 Å². The lowest BCUT2D eigenvalue weighted by molar-refractivity contribution is -0.130. The Morgan fingerprint density at radius 1 is 1.19 bits per heavy atom. The molecule has 2 aromatic carbocycles. The number of carbonyl (C=O) groups excluding carboxylic acids is 3. The fraction of sp³-hybridized carbons (Fsp3) is 0.304. The van der Waals surface area contributed by atoms with E-state index in [1.54, 1.807) is 36.4 Å². The molecule has 1 saturated carbocycles. The first-order chi connectivity index (χ1) is 14.8. The second-order valence-corrected chi connectivity index (χ2v) is 7.44. The molecule has 0 unspecified atom stereocenters. The van der Waals surface area contributed by atoms with Gasteiger partial charge >= 0.3 is 5.97 Å². The Balaban J connectivity index is 1.73. The van der Waals surface area contributed by atoms with E-state index in [1.165, 1.54) is 19.2 Å². The summed E-state index contributed by atoms with van der Waals surface area (Å²) in [4.78, 5) is 36.3. The summed E-state index contributed by atoms with van der Waals surface area (Å²) in [5.74, 6) is -2.19. The minimum atomic E-state index is -0.945. The lowest BCUT2D eigenvalue weighted by Gasteiger charge is -2.21. The summed E-state index contributed by atoms with van der Waals surface area (Å²) >= 11 is 0. The molecule has 2 amide bonds. The predicted octanol–water partition coefficient (Wildman–Crippen LogP) is 3.02. The smallest absolute Gasteiger partial charge is 0.341 e. The van der Waals surface area contributed by atoms with E-state index in [9.17, 15) is 18.8 Å². The van der Waals surface area contributed by atoms with Crippen molar-refractivity contribution in [3.05, 3.63) is 59.4 Å². The number of benzene rings is 2. The summed E-state index contributed by atoms with van der Waals surface area (Å²) in [5, 5.41) is 14.1. The molecule has 0 aromatic heterocycles. The molecule has 2 N–H and O–H groups in total. The SMILES string of the molecule is COC(=O)c1c(F)cccc1-c1ccc([C@@H](C)NC(=O)C2(NC(=O)CC#N)CC2)cc1. The molecule has 2 aromatic rings. The Hall–Kier alpha value is -3.73. The summed E-state index contributed by atoms with van der Waals surface area (Å²) in [6.07, 6.45) is 0.759. The van der Waals surface area contributed by atoms with Crippen molar-refractivity contribution in [1.29, 1.82) is 5.26 Å². The summed E-state index contributed by atoms with van der Waals surface area (Å²) in [5.41, 5.74) is 0.756. The highest BCUT2D eigenvalue weighted by Gasteiger charge is 2.51. The van der Waals surface area contributed by atoms with E-state index in [0.717, 1.165) is 5.56 Å². The molecule has 0 aliphatic heterocycles. The maximum Gasteiger partial charge on any atom is 0.341 e. The number of amides is 2. The number of carbonyl (C=O) groups is 3. The number of methoxy groups -OCH3 is 1. The number of hydrogen-bond acceptors (Lipinski definition) is 5. The lowest BCUT2D eigenvalue weighted by atomic mass is 9.97. The molecule has 0 radical (unpaired) electrons. The zero-order chi connectivity index (χ0) is 22.6. The summed E-state index contributed by atoms with van der Waals surface area (Å²) < 4.78 is 18.9. The highest BCUT2D eigenvalue weighted by Crippen LogP contribution is 2.36. The van der Waals surface area contributed by atoms with E-state index in [1.807, 2.05) is 6.92 Å². The molecule has 3 rings (SSSR count). The second kappa shape index (κ2) is 8.96. The minimum absolute atomic E-state index is 0.136. The Kier molecular flexibility index (Phi) is 6.35. The molecule has 0 heterocycles. The fourth-order valence-corrected chi connectivity index (χ4v) is 3.36. The second-order valence-electron chi connectivity index (χ2n) is 7.44. The van der Waals surface area contributed by atoms with Crippen molar-refractivity contribution in [3.8, 4) is 17.2 Å². The molecular weight excluding hydrogens is 401 g/mol. The molecule has 1 aliphatic rings. The van der Waals surface area contributed by atoms with E-state index < -0.39 is 23.2 Å². The average molecular weight is 423 g/mol. The molecule has 0 bridgehead atoms. The maximum atomic E-state index is 14.2. The number of nitrogens with one attached hydrogen (secondary N) is 2. The van der Waals surface area contributed by atoms with Crippen LogP contribution >= 0.6 is 0 Å². The number of nitrogens with zero attached hydrogens (tertiary/aromatic N) is 1. The Labute approximate surface area is 179 Å². The van der Waals surface area contributed by atoms with Gasteiger partial charge in [0, 0.05) is 0 Å². The minimum Gasteiger partial charge on any atom is -0.465 e. The van der Waals surface area contributed by atoms with Gasteiger partial charge in [-0.15, -0.1) is 0 Å². The molecule has 1 fully saturated rings. The lowest BCUT2D eigenvalue weighted by Crippen LogP contribution is -2.49. The monoisotopic (exact) mass is 423 g/mol. The van der Waals surface area contributed by atoms with Gasteiger partial charge in [0.15, 0.2) is 0 Å². The van der Waals surface area contributed by atoms with Crippen LogP contribution in [0.15, 0.2) is 42.5 Å². The van der Waals surface area contributed by atoms with Gasteiger partial charge in [-0.1, -0.05) is 36.4 Å². The molecule has 7 nitrogen and oxygen atoms in total. The third-order valence-corrected chi connectivity index (χ3v) is 5.28. The number of ether oxygens (including phenoxy) is 1. The van der Waals surface area contributed by atoms with Crippen molar-refractivity contribution < 1.29 is 23.5 Å². The van der Waals surface area contributed by atoms with Crippen molar-refractivity contribution in [1.82, 2.24) is 10.6 Å². The van der Waals surface area contributed by atoms with Crippen LogP contribution in [0, 0.1) is 17.1 Å². The zero-order valence-electron chi connectivity index (χ0n) is 17.2. The van der Waals surface area contributed by atoms with Gasteiger partial charge in [-0.2, -0.15) is 5.26 Å². The highest BCUT2D eigenvalue weighted by atomic mass is 19.1. The van der Waals surface area contributed by atoms with Crippen LogP contribution in [0.5, 0.6) is 0 Å². The van der Waals surface area contributed by atoms with Crippen molar-refractivity contribution >= 4 is 17.8 Å². The molecule has 0 spiro atoms. The number of hydrogen-bond donors (Lipinski definition) is 2. The number of rotatable bonds is 7. The topological polar surface area (TPSA) is 108 Å². The largest absolute Gasteiger partial charge is 0.465 e. The van der Waals surface area contributed by atoms with Crippen LogP contribution in [-0.4, -0.2) is 30.4 Å². The van der Waals surface area contributed by atoms with Crippen LogP contribution in [0.4, 0.5) is 4.39 Å². The normalized spacial score (nSPS) is 14.6. The molecule has 1 atom stereocenters. The van der Waals surface area contributed by atoms with Gasteiger partial charge < -0.3 is 15.4 Å². The van der Waals surface area contributed by atoms with Gasteiger partial charge in [0.25, 0.3) is 0 Å².